The molecule has 2 nitrogen and oxygen atoms in total. The molecule has 0 aliphatic carbocycles. The van der Waals surface area contributed by atoms with Gasteiger partial charge in [0.1, 0.15) is 0 Å². The molecule has 0 atom stereocenters. The lowest BCUT2D eigenvalue weighted by Gasteiger charge is -2.00. The Hall–Kier alpha value is -1.01. The van der Waals surface area contributed by atoms with Crippen LogP contribution in [0.2, 0.25) is 0 Å². The highest BCUT2D eigenvalue weighted by Gasteiger charge is 1.97. The summed E-state index contributed by atoms with van der Waals surface area (Å²) in [5.74, 6) is 6.55. The van der Waals surface area contributed by atoms with Crippen LogP contribution in [0.25, 0.3) is 0 Å². The highest BCUT2D eigenvalue weighted by Crippen LogP contribution is 2.10. The van der Waals surface area contributed by atoms with Gasteiger partial charge in [0, 0.05) is 11.6 Å². The van der Waals surface area contributed by atoms with Gasteiger partial charge in [0.25, 0.3) is 0 Å². The second kappa shape index (κ2) is 4.88. The maximum absolute atomic E-state index is 4.99. The summed E-state index contributed by atoms with van der Waals surface area (Å²) in [6.07, 6.45) is 0. The quantitative estimate of drug-likeness (QED) is 0.554. The molecule has 0 saturated carbocycles. The Kier molecular flexibility index (Phi) is 3.78. The standard InChI is InChI=1S/C10H10BrNO/c1-8-9(4-3-7-11)5-6-10(12-8)13-2/h5-6H,7H2,1-2H3. The number of methoxy groups -OCH3 is 1. The molecule has 3 heteroatoms. The molecule has 68 valence electrons. The fraction of sp³-hybridized carbons (Fsp3) is 0.300. The molecule has 0 bridgehead atoms. The normalized spacial score (nSPS) is 8.85. The first-order valence-corrected chi connectivity index (χ1v) is 4.96. The summed E-state index contributed by atoms with van der Waals surface area (Å²) < 4.78 is 4.99. The highest BCUT2D eigenvalue weighted by molar-refractivity contribution is 9.09. The first-order valence-electron chi connectivity index (χ1n) is 3.84. The predicted octanol–water partition coefficient (Wildman–Crippen LogP) is 2.15. The van der Waals surface area contributed by atoms with Crippen LogP contribution in [0.4, 0.5) is 0 Å². The molecule has 0 aromatic carbocycles. The smallest absolute Gasteiger partial charge is 0.213 e. The van der Waals surface area contributed by atoms with Crippen molar-refractivity contribution in [2.75, 3.05) is 12.4 Å². The molecule has 0 aliphatic heterocycles. The number of aryl methyl sites for hydroxylation is 1. The molecule has 0 spiro atoms. The second-order valence-electron chi connectivity index (χ2n) is 2.42. The molecule has 0 unspecified atom stereocenters. The minimum Gasteiger partial charge on any atom is -0.481 e. The zero-order valence-corrected chi connectivity index (χ0v) is 9.18. The monoisotopic (exact) mass is 239 g/mol. The molecule has 0 aliphatic rings. The van der Waals surface area contributed by atoms with E-state index in [9.17, 15) is 0 Å². The highest BCUT2D eigenvalue weighted by atomic mass is 79.9. The van der Waals surface area contributed by atoms with Crippen LogP contribution >= 0.6 is 15.9 Å². The molecule has 0 N–H and O–H groups in total. The molecular formula is C10H10BrNO. The summed E-state index contributed by atoms with van der Waals surface area (Å²) in [5.41, 5.74) is 1.84. The summed E-state index contributed by atoms with van der Waals surface area (Å²) >= 11 is 3.24. The summed E-state index contributed by atoms with van der Waals surface area (Å²) in [6.45, 7) is 1.92. The van der Waals surface area contributed by atoms with Crippen LogP contribution in [-0.2, 0) is 0 Å². The van der Waals surface area contributed by atoms with Crippen LogP contribution < -0.4 is 4.74 Å². The molecule has 1 aromatic rings. The van der Waals surface area contributed by atoms with Gasteiger partial charge in [-0.05, 0) is 13.0 Å². The van der Waals surface area contributed by atoms with E-state index in [-0.39, 0.29) is 0 Å². The van der Waals surface area contributed by atoms with Crippen molar-refractivity contribution in [1.29, 1.82) is 0 Å². The topological polar surface area (TPSA) is 22.1 Å². The van der Waals surface area contributed by atoms with Crippen molar-refractivity contribution >= 4 is 15.9 Å². The third-order valence-electron chi connectivity index (χ3n) is 1.56. The van der Waals surface area contributed by atoms with E-state index < -0.39 is 0 Å². The van der Waals surface area contributed by atoms with Gasteiger partial charge in [-0.15, -0.1) is 0 Å². The van der Waals surface area contributed by atoms with E-state index >= 15 is 0 Å². The molecule has 0 radical (unpaired) electrons. The van der Waals surface area contributed by atoms with Crippen molar-refractivity contribution < 1.29 is 4.74 Å². The van der Waals surface area contributed by atoms with Crippen LogP contribution in [0.3, 0.4) is 0 Å². The maximum Gasteiger partial charge on any atom is 0.213 e. The van der Waals surface area contributed by atoms with Gasteiger partial charge in [0.2, 0.25) is 5.88 Å². The fourth-order valence-corrected chi connectivity index (χ4v) is 1.05. The molecule has 0 fully saturated rings. The Morgan fingerprint density at radius 3 is 2.85 bits per heavy atom. The van der Waals surface area contributed by atoms with Crippen molar-refractivity contribution in [2.45, 2.75) is 6.92 Å². The second-order valence-corrected chi connectivity index (χ2v) is 2.98. The van der Waals surface area contributed by atoms with E-state index in [4.69, 9.17) is 4.74 Å². The van der Waals surface area contributed by atoms with Gasteiger partial charge in [0.05, 0.1) is 18.1 Å². The average Bonchev–Trinajstić information content (AvgIpc) is 2.16. The molecule has 1 rings (SSSR count). The van der Waals surface area contributed by atoms with Crippen molar-refractivity contribution in [3.63, 3.8) is 0 Å². The minimum absolute atomic E-state index is 0.627. The Balaban J connectivity index is 2.98. The van der Waals surface area contributed by atoms with E-state index in [0.29, 0.717) is 11.2 Å². The van der Waals surface area contributed by atoms with E-state index in [1.807, 2.05) is 19.1 Å². The molecular weight excluding hydrogens is 230 g/mol. The third-order valence-corrected chi connectivity index (χ3v) is 1.84. The Bertz CT molecular complexity index is 352. The van der Waals surface area contributed by atoms with Crippen LogP contribution in [0.5, 0.6) is 5.88 Å². The van der Waals surface area contributed by atoms with Gasteiger partial charge in [0.15, 0.2) is 0 Å². The van der Waals surface area contributed by atoms with Crippen molar-refractivity contribution in [1.82, 2.24) is 4.98 Å². The number of pyridine rings is 1. The first kappa shape index (κ1) is 10.1. The number of alkyl halides is 1. The minimum atomic E-state index is 0.627. The number of hydrogen-bond donors (Lipinski definition) is 0. The van der Waals surface area contributed by atoms with Crippen LogP contribution in [0.15, 0.2) is 12.1 Å². The van der Waals surface area contributed by atoms with Gasteiger partial charge in [-0.3, -0.25) is 0 Å². The number of ether oxygens (including phenoxy) is 1. The lowest BCUT2D eigenvalue weighted by atomic mass is 10.2. The SMILES string of the molecule is COc1ccc(C#CCBr)c(C)n1. The zero-order chi connectivity index (χ0) is 9.68. The average molecular weight is 240 g/mol. The summed E-state index contributed by atoms with van der Waals surface area (Å²) in [7, 11) is 1.60. The third kappa shape index (κ3) is 2.74. The summed E-state index contributed by atoms with van der Waals surface area (Å²) in [5, 5.41) is 0.679. The van der Waals surface area contributed by atoms with Crippen LogP contribution in [-0.4, -0.2) is 17.4 Å². The molecule has 13 heavy (non-hydrogen) atoms. The van der Waals surface area contributed by atoms with Gasteiger partial charge in [-0.25, -0.2) is 4.98 Å². The van der Waals surface area contributed by atoms with E-state index in [1.165, 1.54) is 0 Å². The molecule has 1 heterocycles. The van der Waals surface area contributed by atoms with Crippen molar-refractivity contribution in [3.8, 4) is 17.7 Å². The number of aromatic nitrogens is 1. The Labute approximate surface area is 86.5 Å². The number of nitrogens with zero attached hydrogens (tertiary/aromatic N) is 1. The van der Waals surface area contributed by atoms with Gasteiger partial charge < -0.3 is 4.74 Å². The summed E-state index contributed by atoms with van der Waals surface area (Å²) in [6, 6.07) is 3.72. The van der Waals surface area contributed by atoms with E-state index in [0.717, 1.165) is 11.3 Å². The molecule has 0 saturated heterocycles. The maximum atomic E-state index is 4.99. The lowest BCUT2D eigenvalue weighted by Crippen LogP contribution is -1.92. The van der Waals surface area contributed by atoms with Crippen LogP contribution in [0.1, 0.15) is 11.3 Å². The van der Waals surface area contributed by atoms with E-state index in [2.05, 4.69) is 32.8 Å². The Morgan fingerprint density at radius 2 is 2.31 bits per heavy atom. The summed E-state index contributed by atoms with van der Waals surface area (Å²) in [4.78, 5) is 4.20. The largest absolute Gasteiger partial charge is 0.481 e. The predicted molar refractivity (Wildman–Crippen MR) is 56.2 cm³/mol. The van der Waals surface area contributed by atoms with Crippen LogP contribution in [0, 0.1) is 18.8 Å². The fourth-order valence-electron chi connectivity index (χ4n) is 0.912. The lowest BCUT2D eigenvalue weighted by molar-refractivity contribution is 0.397. The number of hydrogen-bond acceptors (Lipinski definition) is 2. The molecule has 1 aromatic heterocycles. The number of rotatable bonds is 1. The first-order chi connectivity index (χ1) is 6.27. The van der Waals surface area contributed by atoms with Gasteiger partial charge in [-0.1, -0.05) is 27.8 Å². The Morgan fingerprint density at radius 1 is 1.54 bits per heavy atom. The van der Waals surface area contributed by atoms with Crippen molar-refractivity contribution in [3.05, 3.63) is 23.4 Å². The molecule has 0 amide bonds. The van der Waals surface area contributed by atoms with Gasteiger partial charge >= 0.3 is 0 Å². The van der Waals surface area contributed by atoms with Gasteiger partial charge in [-0.2, -0.15) is 0 Å². The zero-order valence-electron chi connectivity index (χ0n) is 7.60. The van der Waals surface area contributed by atoms with Crippen molar-refractivity contribution in [2.24, 2.45) is 0 Å². The van der Waals surface area contributed by atoms with E-state index in [1.54, 1.807) is 7.11 Å². The number of halogens is 1.